The molecule has 3 nitrogen and oxygen atoms in total. The van der Waals surface area contributed by atoms with E-state index in [1.807, 2.05) is 12.5 Å². The number of Topliss-reactive ketones (excluding diaryl/α,β-unsaturated/α-hetero) is 1. The van der Waals surface area contributed by atoms with Gasteiger partial charge in [0.25, 0.3) is 0 Å². The lowest BCUT2D eigenvalue weighted by atomic mass is 10.1. The van der Waals surface area contributed by atoms with E-state index in [1.165, 1.54) is 12.1 Å². The predicted molar refractivity (Wildman–Crippen MR) is 68.0 cm³/mol. The van der Waals surface area contributed by atoms with Crippen molar-refractivity contribution in [3.8, 4) is 0 Å². The zero-order valence-electron chi connectivity index (χ0n) is 9.56. The summed E-state index contributed by atoms with van der Waals surface area (Å²) in [5, 5.41) is 0. The third kappa shape index (κ3) is 3.64. The molecule has 0 saturated carbocycles. The van der Waals surface area contributed by atoms with Gasteiger partial charge in [-0.2, -0.15) is 0 Å². The molecule has 88 valence electrons. The average Bonchev–Trinajstić information content (AvgIpc) is 2.15. The van der Waals surface area contributed by atoms with Crippen molar-refractivity contribution in [2.45, 2.75) is 4.90 Å². The number of hydrogen-bond acceptors (Lipinski definition) is 3. The Morgan fingerprint density at radius 1 is 1.19 bits per heavy atom. The van der Waals surface area contributed by atoms with Gasteiger partial charge in [0.05, 0.1) is 17.4 Å². The maximum Gasteiger partial charge on any atom is 0.211 e. The van der Waals surface area contributed by atoms with Gasteiger partial charge in [0.1, 0.15) is 0 Å². The SMILES string of the molecule is C[S+](C)CC(=O)c1ccc(S(C)(=O)=O)cc1. The topological polar surface area (TPSA) is 51.2 Å². The Labute approximate surface area is 99.1 Å². The first-order valence-electron chi connectivity index (χ1n) is 4.68. The van der Waals surface area contributed by atoms with E-state index >= 15 is 0 Å². The highest BCUT2D eigenvalue weighted by molar-refractivity contribution is 7.96. The lowest BCUT2D eigenvalue weighted by molar-refractivity contribution is 0.102. The molecule has 0 aliphatic carbocycles. The molecule has 0 heterocycles. The number of carbonyl (C=O) groups excluding carboxylic acids is 1. The highest BCUT2D eigenvalue weighted by Gasteiger charge is 2.14. The van der Waals surface area contributed by atoms with Crippen LogP contribution < -0.4 is 0 Å². The molecule has 0 amide bonds. The van der Waals surface area contributed by atoms with Crippen LogP contribution in [0.2, 0.25) is 0 Å². The molecule has 1 aromatic carbocycles. The van der Waals surface area contributed by atoms with E-state index in [4.69, 9.17) is 0 Å². The summed E-state index contributed by atoms with van der Waals surface area (Å²) in [6.07, 6.45) is 5.16. The summed E-state index contributed by atoms with van der Waals surface area (Å²) in [4.78, 5) is 11.9. The Morgan fingerprint density at radius 3 is 2.06 bits per heavy atom. The van der Waals surface area contributed by atoms with Crippen LogP contribution in [0.4, 0.5) is 0 Å². The Hall–Kier alpha value is -0.810. The maximum absolute atomic E-state index is 11.7. The van der Waals surface area contributed by atoms with Crippen molar-refractivity contribution >= 4 is 26.5 Å². The van der Waals surface area contributed by atoms with Gasteiger partial charge in [0, 0.05) is 11.8 Å². The van der Waals surface area contributed by atoms with Gasteiger partial charge in [-0.3, -0.25) is 4.79 Å². The van der Waals surface area contributed by atoms with E-state index in [0.717, 1.165) is 6.26 Å². The van der Waals surface area contributed by atoms with Crippen molar-refractivity contribution in [3.05, 3.63) is 29.8 Å². The van der Waals surface area contributed by atoms with Crippen molar-refractivity contribution in [3.63, 3.8) is 0 Å². The second kappa shape index (κ2) is 5.01. The Balaban J connectivity index is 2.92. The number of rotatable bonds is 4. The van der Waals surface area contributed by atoms with Crippen LogP contribution in [-0.2, 0) is 20.7 Å². The monoisotopic (exact) mass is 259 g/mol. The molecule has 1 aromatic rings. The second-order valence-electron chi connectivity index (χ2n) is 3.85. The molecule has 5 heteroatoms. The highest BCUT2D eigenvalue weighted by Crippen LogP contribution is 2.11. The van der Waals surface area contributed by atoms with Crippen molar-refractivity contribution in [2.24, 2.45) is 0 Å². The van der Waals surface area contributed by atoms with Gasteiger partial charge in [0.2, 0.25) is 5.78 Å². The Kier molecular flexibility index (Phi) is 4.15. The first kappa shape index (κ1) is 13.3. The number of carbonyl (C=O) groups is 1. The molecule has 0 spiro atoms. The number of hydrogen-bond donors (Lipinski definition) is 0. The van der Waals surface area contributed by atoms with Gasteiger partial charge in [0.15, 0.2) is 15.6 Å². The predicted octanol–water partition coefficient (Wildman–Crippen LogP) is 1.15. The van der Waals surface area contributed by atoms with Gasteiger partial charge >= 0.3 is 0 Å². The largest absolute Gasteiger partial charge is 0.289 e. The molecule has 0 aliphatic heterocycles. The minimum absolute atomic E-state index is 0.0633. The van der Waals surface area contributed by atoms with Crippen LogP contribution in [0.1, 0.15) is 10.4 Å². The van der Waals surface area contributed by atoms with Crippen molar-refractivity contribution in [1.82, 2.24) is 0 Å². The minimum atomic E-state index is -3.18. The summed E-state index contributed by atoms with van der Waals surface area (Å²) in [5.41, 5.74) is 0.577. The third-order valence-electron chi connectivity index (χ3n) is 2.02. The van der Waals surface area contributed by atoms with Crippen LogP contribution in [0.15, 0.2) is 29.2 Å². The standard InChI is InChI=1S/C11H15O3S2/c1-15(2)8-11(12)9-4-6-10(7-5-9)16(3,13)14/h4-7H,8H2,1-3H3/q+1. The fraction of sp³-hybridized carbons (Fsp3) is 0.364. The van der Waals surface area contributed by atoms with Gasteiger partial charge < -0.3 is 0 Å². The van der Waals surface area contributed by atoms with E-state index in [1.54, 1.807) is 12.1 Å². The molecule has 0 bridgehead atoms. The summed E-state index contributed by atoms with van der Waals surface area (Å²) in [5.74, 6) is 0.575. The lowest BCUT2D eigenvalue weighted by Gasteiger charge is -2.01. The zero-order chi connectivity index (χ0) is 12.3. The van der Waals surface area contributed by atoms with E-state index in [0.29, 0.717) is 11.3 Å². The van der Waals surface area contributed by atoms with Gasteiger partial charge in [-0.15, -0.1) is 0 Å². The van der Waals surface area contributed by atoms with E-state index in [-0.39, 0.29) is 21.6 Å². The zero-order valence-corrected chi connectivity index (χ0v) is 11.2. The molecular formula is C11H15O3S2+. The smallest absolute Gasteiger partial charge is 0.211 e. The van der Waals surface area contributed by atoms with Crippen molar-refractivity contribution in [1.29, 1.82) is 0 Å². The molecule has 0 fully saturated rings. The molecule has 0 aromatic heterocycles. The highest BCUT2D eigenvalue weighted by atomic mass is 32.2. The molecule has 1 rings (SSSR count). The van der Waals surface area contributed by atoms with E-state index in [2.05, 4.69) is 0 Å². The first-order chi connectivity index (χ1) is 7.30. The first-order valence-corrected chi connectivity index (χ1v) is 8.78. The van der Waals surface area contributed by atoms with Crippen LogP contribution in [0.25, 0.3) is 0 Å². The molecular weight excluding hydrogens is 244 g/mol. The number of benzene rings is 1. The maximum atomic E-state index is 11.7. The van der Waals surface area contributed by atoms with E-state index < -0.39 is 9.84 Å². The molecule has 0 radical (unpaired) electrons. The summed E-state index contributed by atoms with van der Waals surface area (Å²) < 4.78 is 22.4. The summed E-state index contributed by atoms with van der Waals surface area (Å²) >= 11 is 0. The summed E-state index contributed by atoms with van der Waals surface area (Å²) in [6.45, 7) is 0. The molecule has 16 heavy (non-hydrogen) atoms. The fourth-order valence-electron chi connectivity index (χ4n) is 1.23. The lowest BCUT2D eigenvalue weighted by Crippen LogP contribution is -2.13. The molecule has 0 unspecified atom stereocenters. The third-order valence-corrected chi connectivity index (χ3v) is 3.99. The van der Waals surface area contributed by atoms with Gasteiger partial charge in [-0.1, -0.05) is 0 Å². The quantitative estimate of drug-likeness (QED) is 0.602. The Bertz CT molecular complexity index is 472. The molecule has 0 atom stereocenters. The molecule has 0 aliphatic rings. The van der Waals surface area contributed by atoms with Crippen molar-refractivity contribution < 1.29 is 13.2 Å². The normalized spacial score (nSPS) is 11.8. The average molecular weight is 259 g/mol. The molecule has 0 N–H and O–H groups in total. The van der Waals surface area contributed by atoms with Crippen LogP contribution >= 0.6 is 0 Å². The van der Waals surface area contributed by atoms with Gasteiger partial charge in [-0.25, -0.2) is 8.42 Å². The minimum Gasteiger partial charge on any atom is -0.289 e. The van der Waals surface area contributed by atoms with Gasteiger partial charge in [-0.05, 0) is 35.2 Å². The summed E-state index contributed by atoms with van der Waals surface area (Å²) in [6, 6.07) is 6.11. The van der Waals surface area contributed by atoms with Crippen LogP contribution in [-0.4, -0.2) is 38.7 Å². The molecule has 0 saturated heterocycles. The number of ketones is 1. The summed E-state index contributed by atoms with van der Waals surface area (Å²) in [7, 11) is -3.11. The van der Waals surface area contributed by atoms with Crippen molar-refractivity contribution in [2.75, 3.05) is 24.5 Å². The van der Waals surface area contributed by atoms with E-state index in [9.17, 15) is 13.2 Å². The fourth-order valence-corrected chi connectivity index (χ4v) is 2.56. The number of sulfone groups is 1. The van der Waals surface area contributed by atoms with Crippen LogP contribution in [0.3, 0.4) is 0 Å². The Morgan fingerprint density at radius 2 is 1.69 bits per heavy atom. The second-order valence-corrected chi connectivity index (χ2v) is 8.13. The van der Waals surface area contributed by atoms with Crippen LogP contribution in [0, 0.1) is 0 Å². The van der Waals surface area contributed by atoms with Crippen LogP contribution in [0.5, 0.6) is 0 Å².